The maximum absolute atomic E-state index is 11.1. The highest BCUT2D eigenvalue weighted by molar-refractivity contribution is 5.93. The first kappa shape index (κ1) is 12.8. The fourth-order valence-corrected chi connectivity index (χ4v) is 2.50. The smallest absolute Gasteiger partial charge is 0.339 e. The first-order valence-electron chi connectivity index (χ1n) is 6.39. The number of rotatable bonds is 3. The van der Waals surface area contributed by atoms with Crippen LogP contribution < -0.4 is 4.90 Å². The summed E-state index contributed by atoms with van der Waals surface area (Å²) < 4.78 is 0. The SMILES string of the molecule is CC(C)C1CCN(c2nnccc2C(=O)O)CC1. The van der Waals surface area contributed by atoms with E-state index in [-0.39, 0.29) is 5.56 Å². The van der Waals surface area contributed by atoms with Crippen molar-refractivity contribution in [3.8, 4) is 0 Å². The van der Waals surface area contributed by atoms with Gasteiger partial charge in [-0.15, -0.1) is 5.10 Å². The fraction of sp³-hybridized carbons (Fsp3) is 0.615. The minimum absolute atomic E-state index is 0.244. The Morgan fingerprint density at radius 1 is 1.44 bits per heavy atom. The second-order valence-electron chi connectivity index (χ2n) is 5.14. The van der Waals surface area contributed by atoms with Gasteiger partial charge in [-0.05, 0) is 30.7 Å². The van der Waals surface area contributed by atoms with Crippen LogP contribution in [0, 0.1) is 11.8 Å². The number of aromatic nitrogens is 2. The van der Waals surface area contributed by atoms with E-state index >= 15 is 0 Å². The van der Waals surface area contributed by atoms with E-state index in [1.54, 1.807) is 0 Å². The van der Waals surface area contributed by atoms with Crippen LogP contribution in [0.3, 0.4) is 0 Å². The number of aromatic carboxylic acids is 1. The summed E-state index contributed by atoms with van der Waals surface area (Å²) in [5.74, 6) is 0.984. The van der Waals surface area contributed by atoms with Crippen molar-refractivity contribution >= 4 is 11.8 Å². The third-order valence-corrected chi connectivity index (χ3v) is 3.71. The van der Waals surface area contributed by atoms with Crippen LogP contribution in [0.25, 0.3) is 0 Å². The molecule has 1 aliphatic rings. The first-order chi connectivity index (χ1) is 8.59. The molecule has 1 aromatic heterocycles. The summed E-state index contributed by atoms with van der Waals surface area (Å²) in [6, 6.07) is 1.51. The molecule has 1 aromatic rings. The van der Waals surface area contributed by atoms with E-state index in [0.717, 1.165) is 31.8 Å². The molecule has 0 saturated carbocycles. The molecule has 1 N–H and O–H groups in total. The number of anilines is 1. The van der Waals surface area contributed by atoms with Gasteiger partial charge in [-0.2, -0.15) is 5.10 Å². The van der Waals surface area contributed by atoms with Gasteiger partial charge in [-0.1, -0.05) is 13.8 Å². The third kappa shape index (κ3) is 2.60. The lowest BCUT2D eigenvalue weighted by atomic mass is 9.86. The van der Waals surface area contributed by atoms with E-state index in [0.29, 0.717) is 11.7 Å². The normalized spacial score (nSPS) is 17.2. The molecule has 5 heteroatoms. The summed E-state index contributed by atoms with van der Waals surface area (Å²) >= 11 is 0. The van der Waals surface area contributed by atoms with E-state index in [1.165, 1.54) is 12.3 Å². The molecule has 0 aliphatic carbocycles. The van der Waals surface area contributed by atoms with Crippen molar-refractivity contribution in [3.05, 3.63) is 17.8 Å². The van der Waals surface area contributed by atoms with Gasteiger partial charge in [-0.25, -0.2) is 4.79 Å². The molecule has 0 atom stereocenters. The second-order valence-corrected chi connectivity index (χ2v) is 5.14. The van der Waals surface area contributed by atoms with Gasteiger partial charge in [0.05, 0.1) is 6.20 Å². The highest BCUT2D eigenvalue weighted by Crippen LogP contribution is 2.28. The summed E-state index contributed by atoms with van der Waals surface area (Å²) in [5, 5.41) is 16.9. The molecule has 0 amide bonds. The summed E-state index contributed by atoms with van der Waals surface area (Å²) in [6.07, 6.45) is 3.61. The molecule has 2 heterocycles. The lowest BCUT2D eigenvalue weighted by Crippen LogP contribution is -2.36. The van der Waals surface area contributed by atoms with Crippen LogP contribution in [-0.2, 0) is 0 Å². The summed E-state index contributed by atoms with van der Waals surface area (Å²) in [7, 11) is 0. The molecule has 5 nitrogen and oxygen atoms in total. The Bertz CT molecular complexity index is 426. The van der Waals surface area contributed by atoms with Crippen molar-refractivity contribution in [1.82, 2.24) is 10.2 Å². The van der Waals surface area contributed by atoms with Crippen molar-refractivity contribution in [2.75, 3.05) is 18.0 Å². The molecule has 1 saturated heterocycles. The van der Waals surface area contributed by atoms with E-state index in [9.17, 15) is 4.79 Å². The van der Waals surface area contributed by atoms with Crippen molar-refractivity contribution in [2.45, 2.75) is 26.7 Å². The van der Waals surface area contributed by atoms with Crippen LogP contribution in [0.5, 0.6) is 0 Å². The van der Waals surface area contributed by atoms with Gasteiger partial charge >= 0.3 is 5.97 Å². The Balaban J connectivity index is 2.12. The standard InChI is InChI=1S/C13H19N3O2/c1-9(2)10-4-7-16(8-5-10)12-11(13(17)18)3-6-14-15-12/h3,6,9-10H,4-5,7-8H2,1-2H3,(H,17,18). The zero-order valence-corrected chi connectivity index (χ0v) is 10.8. The van der Waals surface area contributed by atoms with Crippen LogP contribution in [0.4, 0.5) is 5.82 Å². The van der Waals surface area contributed by atoms with Crippen molar-refractivity contribution in [3.63, 3.8) is 0 Å². The van der Waals surface area contributed by atoms with Crippen LogP contribution in [0.15, 0.2) is 12.3 Å². The number of carboxylic acids is 1. The topological polar surface area (TPSA) is 66.3 Å². The average molecular weight is 249 g/mol. The Kier molecular flexibility index (Phi) is 3.79. The van der Waals surface area contributed by atoms with Gasteiger partial charge in [0, 0.05) is 13.1 Å². The number of carbonyl (C=O) groups is 1. The van der Waals surface area contributed by atoms with Gasteiger partial charge in [0.1, 0.15) is 5.56 Å². The van der Waals surface area contributed by atoms with Crippen LogP contribution in [-0.4, -0.2) is 34.4 Å². The second kappa shape index (κ2) is 5.33. The molecule has 1 fully saturated rings. The Hall–Kier alpha value is -1.65. The van der Waals surface area contributed by atoms with Crippen LogP contribution >= 0.6 is 0 Å². The molecule has 1 aliphatic heterocycles. The molecule has 98 valence electrons. The maximum atomic E-state index is 11.1. The highest BCUT2D eigenvalue weighted by Gasteiger charge is 2.25. The minimum Gasteiger partial charge on any atom is -0.478 e. The zero-order valence-electron chi connectivity index (χ0n) is 10.8. The predicted molar refractivity (Wildman–Crippen MR) is 68.8 cm³/mol. The summed E-state index contributed by atoms with van der Waals surface area (Å²) in [6.45, 7) is 6.21. The van der Waals surface area contributed by atoms with Gasteiger partial charge in [0.25, 0.3) is 0 Å². The van der Waals surface area contributed by atoms with Gasteiger partial charge in [0.15, 0.2) is 5.82 Å². The summed E-state index contributed by atoms with van der Waals surface area (Å²) in [5.41, 5.74) is 0.244. The van der Waals surface area contributed by atoms with Gasteiger partial charge in [0.2, 0.25) is 0 Å². The van der Waals surface area contributed by atoms with E-state index < -0.39 is 5.97 Å². The molecule has 0 radical (unpaired) electrons. The maximum Gasteiger partial charge on any atom is 0.339 e. The minimum atomic E-state index is -0.939. The molecular formula is C13H19N3O2. The van der Waals surface area contributed by atoms with E-state index in [2.05, 4.69) is 24.0 Å². The largest absolute Gasteiger partial charge is 0.478 e. The van der Waals surface area contributed by atoms with Crippen molar-refractivity contribution in [1.29, 1.82) is 0 Å². The fourth-order valence-electron chi connectivity index (χ4n) is 2.50. The monoisotopic (exact) mass is 249 g/mol. The average Bonchev–Trinajstić information content (AvgIpc) is 2.39. The molecule has 18 heavy (non-hydrogen) atoms. The molecule has 0 spiro atoms. The molecule has 0 bridgehead atoms. The van der Waals surface area contributed by atoms with Crippen LogP contribution in [0.2, 0.25) is 0 Å². The lowest BCUT2D eigenvalue weighted by Gasteiger charge is -2.34. The Morgan fingerprint density at radius 2 is 2.11 bits per heavy atom. The number of hydrogen-bond donors (Lipinski definition) is 1. The number of nitrogens with zero attached hydrogens (tertiary/aromatic N) is 3. The van der Waals surface area contributed by atoms with Crippen LogP contribution in [0.1, 0.15) is 37.0 Å². The Labute approximate surface area is 107 Å². The molecule has 0 unspecified atom stereocenters. The van der Waals surface area contributed by atoms with Gasteiger partial charge in [-0.3, -0.25) is 0 Å². The number of piperidine rings is 1. The Morgan fingerprint density at radius 3 is 2.67 bits per heavy atom. The number of carboxylic acid groups (broad SMARTS) is 1. The molecule has 0 aromatic carbocycles. The first-order valence-corrected chi connectivity index (χ1v) is 6.39. The lowest BCUT2D eigenvalue weighted by molar-refractivity contribution is 0.0696. The number of hydrogen-bond acceptors (Lipinski definition) is 4. The molecular weight excluding hydrogens is 230 g/mol. The van der Waals surface area contributed by atoms with Crippen molar-refractivity contribution < 1.29 is 9.90 Å². The quantitative estimate of drug-likeness (QED) is 0.888. The van der Waals surface area contributed by atoms with E-state index in [4.69, 9.17) is 5.11 Å². The third-order valence-electron chi connectivity index (χ3n) is 3.71. The highest BCUT2D eigenvalue weighted by atomic mass is 16.4. The van der Waals surface area contributed by atoms with E-state index in [1.807, 2.05) is 4.90 Å². The summed E-state index contributed by atoms with van der Waals surface area (Å²) in [4.78, 5) is 13.2. The van der Waals surface area contributed by atoms with Crippen molar-refractivity contribution in [2.24, 2.45) is 11.8 Å². The van der Waals surface area contributed by atoms with Gasteiger partial charge < -0.3 is 10.0 Å². The zero-order chi connectivity index (χ0) is 13.1. The predicted octanol–water partition coefficient (Wildman–Crippen LogP) is 2.05. The molecule has 2 rings (SSSR count).